The molecule has 8 heteroatoms. The molecular formula is C13H20N4O3S. The van der Waals surface area contributed by atoms with Crippen molar-refractivity contribution in [2.24, 2.45) is 0 Å². The summed E-state index contributed by atoms with van der Waals surface area (Å²) in [5.41, 5.74) is 0.748. The Bertz CT molecular complexity index is 634. The number of fused-ring (bicyclic) bond motifs is 1. The minimum Gasteiger partial charge on any atom is -0.351 e. The van der Waals surface area contributed by atoms with Crippen LogP contribution in [0.2, 0.25) is 0 Å². The number of aromatic nitrogens is 2. The van der Waals surface area contributed by atoms with Crippen LogP contribution in [0, 0.1) is 0 Å². The Morgan fingerprint density at radius 1 is 1.38 bits per heavy atom. The topological polar surface area (TPSA) is 84.3 Å². The maximum absolute atomic E-state index is 12.5. The van der Waals surface area contributed by atoms with E-state index in [0.29, 0.717) is 0 Å². The zero-order valence-electron chi connectivity index (χ0n) is 12.0. The predicted molar refractivity (Wildman–Crippen MR) is 76.9 cm³/mol. The van der Waals surface area contributed by atoms with Gasteiger partial charge in [-0.3, -0.25) is 9.48 Å². The molecule has 0 aromatic carbocycles. The molecule has 1 amide bonds. The van der Waals surface area contributed by atoms with Gasteiger partial charge >= 0.3 is 0 Å². The molecule has 3 rings (SSSR count). The highest BCUT2D eigenvalue weighted by Crippen LogP contribution is 2.24. The van der Waals surface area contributed by atoms with E-state index in [-0.39, 0.29) is 25.0 Å². The second-order valence-corrected chi connectivity index (χ2v) is 7.81. The first kappa shape index (κ1) is 14.5. The number of nitrogens with zero attached hydrogens (tertiary/aromatic N) is 3. The number of sulfonamides is 1. The highest BCUT2D eigenvalue weighted by molar-refractivity contribution is 7.88. The number of hydrogen-bond donors (Lipinski definition) is 1. The molecule has 116 valence electrons. The van der Waals surface area contributed by atoms with Gasteiger partial charge in [0, 0.05) is 18.8 Å². The molecule has 0 spiro atoms. The molecule has 0 radical (unpaired) electrons. The maximum Gasteiger partial charge on any atom is 0.246 e. The standard InChI is InChI=1S/C13H20N4O3S/c1-21(19,20)16-8-11-6-7-14-17(11)12(9-16)13(18)15-10-4-2-3-5-10/h6-7,10,12H,2-5,8-9H2,1H3,(H,15,18)/t12-/m0/s1. The van der Waals surface area contributed by atoms with E-state index in [4.69, 9.17) is 0 Å². The van der Waals surface area contributed by atoms with Crippen LogP contribution in [0.5, 0.6) is 0 Å². The highest BCUT2D eigenvalue weighted by Gasteiger charge is 2.35. The minimum absolute atomic E-state index is 0.139. The fourth-order valence-electron chi connectivity index (χ4n) is 3.08. The summed E-state index contributed by atoms with van der Waals surface area (Å²) in [4.78, 5) is 12.5. The Morgan fingerprint density at radius 3 is 2.76 bits per heavy atom. The van der Waals surface area contributed by atoms with Gasteiger partial charge in [0.1, 0.15) is 6.04 Å². The van der Waals surface area contributed by atoms with E-state index in [1.807, 2.05) is 0 Å². The summed E-state index contributed by atoms with van der Waals surface area (Å²) in [5.74, 6) is -0.139. The molecule has 0 unspecified atom stereocenters. The van der Waals surface area contributed by atoms with E-state index >= 15 is 0 Å². The number of carbonyl (C=O) groups excluding carboxylic acids is 1. The minimum atomic E-state index is -3.33. The van der Waals surface area contributed by atoms with Gasteiger partial charge < -0.3 is 5.32 Å². The average molecular weight is 312 g/mol. The summed E-state index contributed by atoms with van der Waals surface area (Å²) in [6.07, 6.45) is 7.05. The SMILES string of the molecule is CS(=O)(=O)N1Cc2ccnn2[C@H](C(=O)NC2CCCC2)C1. The lowest BCUT2D eigenvalue weighted by molar-refractivity contribution is -0.126. The quantitative estimate of drug-likeness (QED) is 0.867. The van der Waals surface area contributed by atoms with E-state index in [9.17, 15) is 13.2 Å². The first-order chi connectivity index (χ1) is 9.95. The van der Waals surface area contributed by atoms with Gasteiger partial charge in [-0.15, -0.1) is 0 Å². The van der Waals surface area contributed by atoms with Crippen molar-refractivity contribution in [1.29, 1.82) is 0 Å². The van der Waals surface area contributed by atoms with Crippen molar-refractivity contribution in [1.82, 2.24) is 19.4 Å². The summed E-state index contributed by atoms with van der Waals surface area (Å²) >= 11 is 0. The average Bonchev–Trinajstić information content (AvgIpc) is 3.06. The molecule has 1 aromatic rings. The third-order valence-corrected chi connectivity index (χ3v) is 5.45. The molecular weight excluding hydrogens is 292 g/mol. The lowest BCUT2D eigenvalue weighted by atomic mass is 10.1. The van der Waals surface area contributed by atoms with E-state index in [1.54, 1.807) is 16.9 Å². The molecule has 2 heterocycles. The largest absolute Gasteiger partial charge is 0.351 e. The van der Waals surface area contributed by atoms with Crippen LogP contribution in [0.1, 0.15) is 37.4 Å². The fourth-order valence-corrected chi connectivity index (χ4v) is 3.86. The molecule has 1 aliphatic carbocycles. The molecule has 0 saturated heterocycles. The van der Waals surface area contributed by atoms with Crippen molar-refractivity contribution in [2.45, 2.75) is 44.3 Å². The zero-order chi connectivity index (χ0) is 15.0. The number of nitrogens with one attached hydrogen (secondary N) is 1. The first-order valence-electron chi connectivity index (χ1n) is 7.23. The second kappa shape index (κ2) is 5.42. The van der Waals surface area contributed by atoms with Crippen LogP contribution in [0.15, 0.2) is 12.3 Å². The molecule has 1 aliphatic heterocycles. The summed E-state index contributed by atoms with van der Waals surface area (Å²) in [7, 11) is -3.33. The monoisotopic (exact) mass is 312 g/mol. The van der Waals surface area contributed by atoms with Gasteiger partial charge in [-0.25, -0.2) is 8.42 Å². The van der Waals surface area contributed by atoms with Gasteiger partial charge in [-0.1, -0.05) is 12.8 Å². The molecule has 2 aliphatic rings. The molecule has 1 aromatic heterocycles. The van der Waals surface area contributed by atoms with E-state index in [2.05, 4.69) is 10.4 Å². The zero-order valence-corrected chi connectivity index (χ0v) is 12.8. The number of hydrogen-bond acceptors (Lipinski definition) is 4. The lowest BCUT2D eigenvalue weighted by Crippen LogP contribution is -2.48. The Balaban J connectivity index is 1.81. The van der Waals surface area contributed by atoms with Crippen LogP contribution < -0.4 is 5.32 Å². The van der Waals surface area contributed by atoms with E-state index in [1.165, 1.54) is 10.6 Å². The second-order valence-electron chi connectivity index (χ2n) is 5.83. The highest BCUT2D eigenvalue weighted by atomic mass is 32.2. The normalized spacial score (nSPS) is 24.0. The van der Waals surface area contributed by atoms with Crippen molar-refractivity contribution >= 4 is 15.9 Å². The van der Waals surface area contributed by atoms with Crippen LogP contribution in [0.4, 0.5) is 0 Å². The van der Waals surface area contributed by atoms with Gasteiger partial charge in [0.2, 0.25) is 15.9 Å². The number of carbonyl (C=O) groups is 1. The Labute approximate surface area is 124 Å². The molecule has 21 heavy (non-hydrogen) atoms. The Kier molecular flexibility index (Phi) is 3.75. The predicted octanol–water partition coefficient (Wildman–Crippen LogP) is 0.258. The number of rotatable bonds is 3. The Hall–Kier alpha value is -1.41. The number of amides is 1. The van der Waals surface area contributed by atoms with E-state index in [0.717, 1.165) is 31.4 Å². The molecule has 0 bridgehead atoms. The van der Waals surface area contributed by atoms with Crippen LogP contribution in [-0.2, 0) is 21.4 Å². The fraction of sp³-hybridized carbons (Fsp3) is 0.692. The third-order valence-electron chi connectivity index (χ3n) is 4.24. The van der Waals surface area contributed by atoms with Crippen molar-refractivity contribution in [3.05, 3.63) is 18.0 Å². The maximum atomic E-state index is 12.5. The Morgan fingerprint density at radius 2 is 2.10 bits per heavy atom. The summed E-state index contributed by atoms with van der Waals surface area (Å²) in [6.45, 7) is 0.415. The van der Waals surface area contributed by atoms with Crippen LogP contribution in [0.25, 0.3) is 0 Å². The van der Waals surface area contributed by atoms with Crippen molar-refractivity contribution in [3.63, 3.8) is 0 Å². The van der Waals surface area contributed by atoms with Crippen molar-refractivity contribution in [3.8, 4) is 0 Å². The lowest BCUT2D eigenvalue weighted by Gasteiger charge is -2.32. The summed E-state index contributed by atoms with van der Waals surface area (Å²) < 4.78 is 26.6. The van der Waals surface area contributed by atoms with Gasteiger partial charge in [0.05, 0.1) is 18.5 Å². The van der Waals surface area contributed by atoms with Crippen molar-refractivity contribution < 1.29 is 13.2 Å². The third kappa shape index (κ3) is 2.96. The smallest absolute Gasteiger partial charge is 0.246 e. The van der Waals surface area contributed by atoms with Gasteiger partial charge in [0.15, 0.2) is 0 Å². The van der Waals surface area contributed by atoms with Crippen LogP contribution in [-0.4, -0.2) is 47.3 Å². The summed E-state index contributed by atoms with van der Waals surface area (Å²) in [5, 5.41) is 7.21. The van der Waals surface area contributed by atoms with Gasteiger partial charge in [0.25, 0.3) is 0 Å². The molecule has 7 nitrogen and oxygen atoms in total. The molecule has 1 atom stereocenters. The van der Waals surface area contributed by atoms with Crippen LogP contribution in [0.3, 0.4) is 0 Å². The van der Waals surface area contributed by atoms with Gasteiger partial charge in [-0.2, -0.15) is 9.40 Å². The van der Waals surface area contributed by atoms with Gasteiger partial charge in [-0.05, 0) is 18.9 Å². The van der Waals surface area contributed by atoms with Crippen molar-refractivity contribution in [2.75, 3.05) is 12.8 Å². The summed E-state index contributed by atoms with van der Waals surface area (Å²) in [6, 6.07) is 1.39. The molecule has 1 saturated carbocycles. The molecule has 1 N–H and O–H groups in total. The van der Waals surface area contributed by atoms with E-state index < -0.39 is 16.1 Å². The first-order valence-corrected chi connectivity index (χ1v) is 9.08. The molecule has 1 fully saturated rings. The van der Waals surface area contributed by atoms with Crippen LogP contribution >= 0.6 is 0 Å².